The summed E-state index contributed by atoms with van der Waals surface area (Å²) in [5, 5.41) is 4.47. The van der Waals surface area contributed by atoms with Crippen LogP contribution in [0.5, 0.6) is 0 Å². The van der Waals surface area contributed by atoms with Crippen molar-refractivity contribution in [2.24, 2.45) is 17.8 Å². The maximum Gasteiger partial charge on any atom is 0.308 e. The number of hydrogen-bond donors (Lipinski definition) is 1. The Balaban J connectivity index is 1.35. The molecule has 0 spiro atoms. The zero-order valence-electron chi connectivity index (χ0n) is 17.9. The zero-order chi connectivity index (χ0) is 21.8. The Morgan fingerprint density at radius 2 is 2.00 bits per heavy atom. The summed E-state index contributed by atoms with van der Waals surface area (Å²) in [6, 6.07) is 11.9. The number of anilines is 1. The molecule has 1 aromatic carbocycles. The number of nitrogens with zero attached hydrogens (tertiary/aromatic N) is 2. The van der Waals surface area contributed by atoms with E-state index >= 15 is 0 Å². The highest BCUT2D eigenvalue weighted by atomic mass is 32.2. The molecule has 2 aromatic heterocycles. The molecule has 32 heavy (non-hydrogen) atoms. The van der Waals surface area contributed by atoms with Crippen LogP contribution in [0.2, 0.25) is 0 Å². The summed E-state index contributed by atoms with van der Waals surface area (Å²) in [4.78, 5) is 31.4. The highest BCUT2D eigenvalue weighted by molar-refractivity contribution is 8.00. The second-order valence-corrected chi connectivity index (χ2v) is 11.5. The molecular weight excluding hydrogens is 438 g/mol. The maximum absolute atomic E-state index is 13.1. The van der Waals surface area contributed by atoms with Gasteiger partial charge in [-0.25, -0.2) is 0 Å². The number of aryl methyl sites for hydroxylation is 1. The number of pyridine rings is 1. The van der Waals surface area contributed by atoms with Crippen molar-refractivity contribution in [3.63, 3.8) is 0 Å². The fourth-order valence-electron chi connectivity index (χ4n) is 6.00. The molecule has 1 amide bonds. The molecule has 3 aliphatic rings. The minimum absolute atomic E-state index is 0.0391. The van der Waals surface area contributed by atoms with E-state index in [-0.39, 0.29) is 23.2 Å². The summed E-state index contributed by atoms with van der Waals surface area (Å²) in [5.41, 5.74) is 3.10. The molecule has 6 rings (SSSR count). The molecule has 2 aliphatic carbocycles. The number of fused-ring (bicyclic) bond motifs is 6. The fraction of sp³-hybridized carbons (Fsp3) is 0.400. The van der Waals surface area contributed by atoms with Crippen molar-refractivity contribution >= 4 is 34.7 Å². The first-order valence-electron chi connectivity index (χ1n) is 11.2. The lowest BCUT2D eigenvalue weighted by molar-refractivity contribution is -0.116. The van der Waals surface area contributed by atoms with E-state index in [9.17, 15) is 9.59 Å². The molecule has 2 bridgehead atoms. The summed E-state index contributed by atoms with van der Waals surface area (Å²) >= 11 is 3.18. The molecule has 164 valence electrons. The summed E-state index contributed by atoms with van der Waals surface area (Å²) in [6.45, 7) is 2.07. The van der Waals surface area contributed by atoms with Crippen LogP contribution in [-0.4, -0.2) is 20.7 Å². The zero-order valence-corrected chi connectivity index (χ0v) is 19.5. The van der Waals surface area contributed by atoms with Gasteiger partial charge < -0.3 is 5.32 Å². The van der Waals surface area contributed by atoms with Gasteiger partial charge in [0, 0.05) is 34.1 Å². The number of nitrogens with one attached hydrogen (secondary N) is 1. The summed E-state index contributed by atoms with van der Waals surface area (Å²) in [5.74, 6) is 2.05. The van der Waals surface area contributed by atoms with E-state index < -0.39 is 0 Å². The van der Waals surface area contributed by atoms with Crippen LogP contribution < -0.4 is 10.2 Å². The Hall–Kier alpha value is -2.38. The Bertz CT molecular complexity index is 1220. The number of amides is 1. The normalized spacial score (nSPS) is 27.7. The Kier molecular flexibility index (Phi) is 4.99. The van der Waals surface area contributed by atoms with Gasteiger partial charge in [-0.1, -0.05) is 35.1 Å². The lowest BCUT2D eigenvalue weighted by Gasteiger charge is -2.40. The van der Waals surface area contributed by atoms with Crippen LogP contribution >= 0.6 is 23.1 Å². The van der Waals surface area contributed by atoms with Gasteiger partial charge in [-0.2, -0.15) is 0 Å². The molecular formula is C25H25N3O2S2. The Morgan fingerprint density at radius 1 is 1.19 bits per heavy atom. The van der Waals surface area contributed by atoms with E-state index in [0.29, 0.717) is 17.1 Å². The molecule has 2 fully saturated rings. The van der Waals surface area contributed by atoms with Crippen LogP contribution in [0.3, 0.4) is 0 Å². The number of rotatable bonds is 4. The monoisotopic (exact) mass is 463 g/mol. The third-order valence-electron chi connectivity index (χ3n) is 7.37. The van der Waals surface area contributed by atoms with Crippen molar-refractivity contribution in [3.05, 3.63) is 74.5 Å². The molecule has 5 nitrogen and oxygen atoms in total. The second-order valence-electron chi connectivity index (χ2n) is 9.29. The maximum atomic E-state index is 13.1. The van der Waals surface area contributed by atoms with Gasteiger partial charge in [-0.3, -0.25) is 19.1 Å². The molecule has 0 radical (unpaired) electrons. The van der Waals surface area contributed by atoms with Crippen molar-refractivity contribution in [3.8, 4) is 0 Å². The van der Waals surface area contributed by atoms with Gasteiger partial charge in [0.25, 0.3) is 0 Å². The van der Waals surface area contributed by atoms with Crippen molar-refractivity contribution in [1.29, 1.82) is 0 Å². The van der Waals surface area contributed by atoms with E-state index in [2.05, 4.69) is 16.4 Å². The first kappa shape index (κ1) is 20.2. The first-order valence-corrected chi connectivity index (χ1v) is 12.9. The smallest absolute Gasteiger partial charge is 0.308 e. The number of carbonyl (C=O) groups excluding carboxylic acids is 1. The van der Waals surface area contributed by atoms with Gasteiger partial charge in [0.05, 0.1) is 5.03 Å². The minimum Gasteiger partial charge on any atom is -0.325 e. The topological polar surface area (TPSA) is 64.0 Å². The summed E-state index contributed by atoms with van der Waals surface area (Å²) in [6.07, 6.45) is 7.66. The number of thioether (sulfide) groups is 1. The van der Waals surface area contributed by atoms with Crippen LogP contribution in [0.4, 0.5) is 5.69 Å². The molecule has 5 unspecified atom stereocenters. The van der Waals surface area contributed by atoms with E-state index in [0.717, 1.165) is 27.1 Å². The standard InChI is InChI=1S/C25H25N3O2S2/c1-14-4-8-18(9-5-14)27-19(29)13-28-24-23(32-25(28)30)21(17-3-2-10-26-12-17)20-15-6-7-16(11-15)22(20)31-24/h2-5,8-10,12,15-16,20-22H,6-7,11,13H2,1H3,(H,27,29). The minimum atomic E-state index is -0.162. The predicted octanol–water partition coefficient (Wildman–Crippen LogP) is 4.90. The third kappa shape index (κ3) is 3.33. The molecule has 3 aromatic rings. The Labute approximate surface area is 195 Å². The van der Waals surface area contributed by atoms with Gasteiger partial charge in [-0.05, 0) is 67.7 Å². The van der Waals surface area contributed by atoms with Crippen LogP contribution in [-0.2, 0) is 11.3 Å². The van der Waals surface area contributed by atoms with E-state index in [4.69, 9.17) is 0 Å². The molecule has 7 heteroatoms. The van der Waals surface area contributed by atoms with Gasteiger partial charge >= 0.3 is 4.87 Å². The average molecular weight is 464 g/mol. The van der Waals surface area contributed by atoms with Crippen LogP contribution in [0.1, 0.15) is 41.2 Å². The van der Waals surface area contributed by atoms with Gasteiger partial charge in [0.1, 0.15) is 6.54 Å². The number of thiazole rings is 1. The van der Waals surface area contributed by atoms with E-state index in [1.807, 2.05) is 61.4 Å². The van der Waals surface area contributed by atoms with E-state index in [1.165, 1.54) is 36.2 Å². The Morgan fingerprint density at radius 3 is 2.78 bits per heavy atom. The van der Waals surface area contributed by atoms with Gasteiger partial charge in [0.2, 0.25) is 5.91 Å². The van der Waals surface area contributed by atoms with Crippen LogP contribution in [0, 0.1) is 24.7 Å². The largest absolute Gasteiger partial charge is 0.325 e. The molecule has 1 aliphatic heterocycles. The highest BCUT2D eigenvalue weighted by Gasteiger charge is 2.55. The highest BCUT2D eigenvalue weighted by Crippen LogP contribution is 2.63. The lowest BCUT2D eigenvalue weighted by Crippen LogP contribution is -2.34. The quantitative estimate of drug-likeness (QED) is 0.598. The first-order chi connectivity index (χ1) is 15.6. The van der Waals surface area contributed by atoms with Crippen LogP contribution in [0.25, 0.3) is 0 Å². The molecule has 0 saturated heterocycles. The average Bonchev–Trinajstić information content (AvgIpc) is 3.49. The molecule has 5 atom stereocenters. The van der Waals surface area contributed by atoms with Crippen molar-refractivity contribution in [1.82, 2.24) is 9.55 Å². The van der Waals surface area contributed by atoms with Gasteiger partial charge in [-0.15, -0.1) is 11.8 Å². The SMILES string of the molecule is Cc1ccc(NC(=O)Cn2c3c(sc2=O)C(c2cccnc2)C2C4CCC(C4)C2S3)cc1. The fourth-order valence-corrected chi connectivity index (χ4v) is 9.15. The van der Waals surface area contributed by atoms with Gasteiger partial charge in [0.15, 0.2) is 0 Å². The second kappa shape index (κ2) is 7.89. The third-order valence-corrected chi connectivity index (χ3v) is 10.2. The predicted molar refractivity (Wildman–Crippen MR) is 128 cm³/mol. The number of hydrogen-bond acceptors (Lipinski definition) is 5. The summed E-state index contributed by atoms with van der Waals surface area (Å²) in [7, 11) is 0. The van der Waals surface area contributed by atoms with Crippen LogP contribution in [0.15, 0.2) is 58.6 Å². The van der Waals surface area contributed by atoms with Crippen molar-refractivity contribution in [2.45, 2.75) is 48.9 Å². The van der Waals surface area contributed by atoms with E-state index in [1.54, 1.807) is 4.57 Å². The van der Waals surface area contributed by atoms with Crippen molar-refractivity contribution in [2.75, 3.05) is 5.32 Å². The summed E-state index contributed by atoms with van der Waals surface area (Å²) < 4.78 is 1.71. The number of carbonyl (C=O) groups is 1. The molecule has 2 saturated carbocycles. The number of benzene rings is 1. The molecule has 1 N–H and O–H groups in total. The van der Waals surface area contributed by atoms with Crippen molar-refractivity contribution < 1.29 is 4.79 Å². The number of aromatic nitrogens is 2. The lowest BCUT2D eigenvalue weighted by atomic mass is 9.75. The molecule has 3 heterocycles.